The Labute approximate surface area is 198 Å². The maximum absolute atomic E-state index is 12.1. The molecule has 3 aromatic rings. The molecule has 0 saturated heterocycles. The number of hydrogen-bond donors (Lipinski definition) is 1. The monoisotopic (exact) mass is 495 g/mol. The second-order valence-corrected chi connectivity index (χ2v) is 8.16. The van der Waals surface area contributed by atoms with Crippen LogP contribution in [-0.2, 0) is 16.0 Å². The van der Waals surface area contributed by atoms with Gasteiger partial charge in [0.15, 0.2) is 0 Å². The average Bonchev–Trinajstić information content (AvgIpc) is 3.24. The van der Waals surface area contributed by atoms with Gasteiger partial charge in [-0.05, 0) is 48.9 Å². The number of rotatable bonds is 10. The summed E-state index contributed by atoms with van der Waals surface area (Å²) < 4.78 is 15.8. The summed E-state index contributed by atoms with van der Waals surface area (Å²) in [5.74, 6) is 0.430. The highest BCUT2D eigenvalue weighted by Crippen LogP contribution is 2.27. The Morgan fingerprint density at radius 2 is 1.91 bits per heavy atom. The van der Waals surface area contributed by atoms with Crippen molar-refractivity contribution in [2.45, 2.75) is 18.1 Å². The number of anilines is 1. The Kier molecular flexibility index (Phi) is 8.78. The topological polar surface area (TPSA) is 104 Å². The lowest BCUT2D eigenvalue weighted by atomic mass is 10.2. The Balaban J connectivity index is 1.38. The van der Waals surface area contributed by atoms with Gasteiger partial charge in [0.05, 0.1) is 30.1 Å². The number of hydrogen-bond acceptors (Lipinski definition) is 8. The second kappa shape index (κ2) is 11.8. The molecule has 0 unspecified atom stereocenters. The van der Waals surface area contributed by atoms with Crippen molar-refractivity contribution in [1.29, 1.82) is 0 Å². The van der Waals surface area contributed by atoms with Crippen molar-refractivity contribution < 1.29 is 23.5 Å². The summed E-state index contributed by atoms with van der Waals surface area (Å²) in [6.07, 6.45) is 1.17. The van der Waals surface area contributed by atoms with Crippen LogP contribution < -0.4 is 10.1 Å². The Morgan fingerprint density at radius 3 is 2.62 bits per heavy atom. The minimum Gasteiger partial charge on any atom is -0.492 e. The summed E-state index contributed by atoms with van der Waals surface area (Å²) in [5, 5.41) is 11.9. The van der Waals surface area contributed by atoms with Gasteiger partial charge < -0.3 is 19.2 Å². The number of amides is 1. The van der Waals surface area contributed by atoms with Crippen LogP contribution in [0.3, 0.4) is 0 Å². The summed E-state index contributed by atoms with van der Waals surface area (Å²) >= 11 is 13.1. The highest BCUT2D eigenvalue weighted by atomic mass is 35.5. The number of benzene rings is 2. The number of carbonyl (C=O) groups excluding carboxylic acids is 2. The molecular formula is C21H19Cl2N3O5S. The molecule has 32 heavy (non-hydrogen) atoms. The zero-order valence-electron chi connectivity index (χ0n) is 17.0. The minimum atomic E-state index is -0.439. The molecule has 0 fully saturated rings. The summed E-state index contributed by atoms with van der Waals surface area (Å²) in [4.78, 5) is 23.5. The number of aromatic nitrogens is 2. The van der Waals surface area contributed by atoms with Gasteiger partial charge in [-0.15, -0.1) is 10.2 Å². The summed E-state index contributed by atoms with van der Waals surface area (Å²) in [5.41, 5.74) is 0.968. The Morgan fingerprint density at radius 1 is 1.12 bits per heavy atom. The first-order chi connectivity index (χ1) is 15.4. The lowest BCUT2D eigenvalue weighted by Gasteiger charge is -2.07. The van der Waals surface area contributed by atoms with E-state index < -0.39 is 5.97 Å². The molecule has 0 spiro atoms. The third-order valence-corrected chi connectivity index (χ3v) is 5.40. The van der Waals surface area contributed by atoms with E-state index in [1.807, 2.05) is 0 Å². The van der Waals surface area contributed by atoms with Crippen LogP contribution in [0.2, 0.25) is 10.0 Å². The SMILES string of the molecule is COC(=O)c1ccc(NC(=O)CSc2nnc(CCCOc3ccc(Cl)cc3Cl)o2)cc1. The van der Waals surface area contributed by atoms with Crippen molar-refractivity contribution in [3.8, 4) is 5.75 Å². The standard InChI is InChI=1S/C21H19Cl2N3O5S/c1-29-20(28)13-4-7-15(8-5-13)24-18(27)12-32-21-26-25-19(31-21)3-2-10-30-17-9-6-14(22)11-16(17)23/h4-9,11H,2-3,10,12H2,1H3,(H,24,27). The van der Waals surface area contributed by atoms with E-state index in [9.17, 15) is 9.59 Å². The minimum absolute atomic E-state index is 0.0958. The Hall–Kier alpha value is -2.75. The summed E-state index contributed by atoms with van der Waals surface area (Å²) in [6, 6.07) is 11.4. The smallest absolute Gasteiger partial charge is 0.337 e. The first-order valence-corrected chi connectivity index (χ1v) is 11.2. The van der Waals surface area contributed by atoms with Crippen LogP contribution in [-0.4, -0.2) is 41.5 Å². The van der Waals surface area contributed by atoms with E-state index in [-0.39, 0.29) is 11.7 Å². The van der Waals surface area contributed by atoms with E-state index in [2.05, 4.69) is 20.3 Å². The fourth-order valence-corrected chi connectivity index (χ4v) is 3.57. The van der Waals surface area contributed by atoms with Crippen LogP contribution in [0, 0.1) is 0 Å². The number of methoxy groups -OCH3 is 1. The van der Waals surface area contributed by atoms with Crippen LogP contribution in [0.25, 0.3) is 0 Å². The largest absolute Gasteiger partial charge is 0.492 e. The van der Waals surface area contributed by atoms with Gasteiger partial charge in [0.2, 0.25) is 11.8 Å². The fourth-order valence-electron chi connectivity index (χ4n) is 2.53. The molecule has 0 atom stereocenters. The van der Waals surface area contributed by atoms with Gasteiger partial charge in [-0.3, -0.25) is 4.79 Å². The highest BCUT2D eigenvalue weighted by molar-refractivity contribution is 7.99. The van der Waals surface area contributed by atoms with Crippen LogP contribution in [0.4, 0.5) is 5.69 Å². The quantitative estimate of drug-likeness (QED) is 0.240. The van der Waals surface area contributed by atoms with Crippen LogP contribution in [0.15, 0.2) is 52.1 Å². The van der Waals surface area contributed by atoms with E-state index in [1.165, 1.54) is 7.11 Å². The van der Waals surface area contributed by atoms with Gasteiger partial charge >= 0.3 is 5.97 Å². The number of halogens is 2. The molecule has 0 bridgehead atoms. The van der Waals surface area contributed by atoms with Crippen molar-refractivity contribution >= 4 is 52.5 Å². The summed E-state index contributed by atoms with van der Waals surface area (Å²) in [7, 11) is 1.31. The Bertz CT molecular complexity index is 1080. The number of thioether (sulfide) groups is 1. The van der Waals surface area contributed by atoms with E-state index in [0.29, 0.717) is 57.6 Å². The normalized spacial score (nSPS) is 10.6. The van der Waals surface area contributed by atoms with Gasteiger partial charge in [0.1, 0.15) is 5.75 Å². The number of aryl methyl sites for hydroxylation is 1. The van der Waals surface area contributed by atoms with Gasteiger partial charge in [-0.2, -0.15) is 0 Å². The van der Waals surface area contributed by atoms with Crippen molar-refractivity contribution in [2.75, 3.05) is 24.8 Å². The number of esters is 1. The molecule has 2 aromatic carbocycles. The molecule has 0 radical (unpaired) electrons. The highest BCUT2D eigenvalue weighted by Gasteiger charge is 2.11. The van der Waals surface area contributed by atoms with Crippen molar-refractivity contribution in [3.63, 3.8) is 0 Å². The molecule has 0 aliphatic carbocycles. The van der Waals surface area contributed by atoms with Gasteiger partial charge in [-0.1, -0.05) is 35.0 Å². The van der Waals surface area contributed by atoms with Gasteiger partial charge in [0, 0.05) is 17.1 Å². The maximum Gasteiger partial charge on any atom is 0.337 e. The molecule has 0 saturated carbocycles. The van der Waals surface area contributed by atoms with Crippen LogP contribution in [0.5, 0.6) is 5.75 Å². The van der Waals surface area contributed by atoms with Crippen LogP contribution >= 0.6 is 35.0 Å². The molecule has 0 aliphatic rings. The lowest BCUT2D eigenvalue weighted by Crippen LogP contribution is -2.14. The first kappa shape index (κ1) is 23.9. The second-order valence-electron chi connectivity index (χ2n) is 6.39. The zero-order valence-corrected chi connectivity index (χ0v) is 19.3. The third kappa shape index (κ3) is 7.15. The molecule has 0 aliphatic heterocycles. The van der Waals surface area contributed by atoms with E-state index in [4.69, 9.17) is 32.4 Å². The van der Waals surface area contributed by atoms with E-state index >= 15 is 0 Å². The zero-order chi connectivity index (χ0) is 22.9. The molecule has 11 heteroatoms. The van der Waals surface area contributed by atoms with Crippen molar-refractivity contribution in [2.24, 2.45) is 0 Å². The number of ether oxygens (including phenoxy) is 2. The predicted molar refractivity (Wildman–Crippen MR) is 122 cm³/mol. The van der Waals surface area contributed by atoms with Gasteiger partial charge in [-0.25, -0.2) is 4.79 Å². The summed E-state index contributed by atoms with van der Waals surface area (Å²) in [6.45, 7) is 0.420. The molecule has 1 N–H and O–H groups in total. The molecule has 3 rings (SSSR count). The number of nitrogens with one attached hydrogen (secondary N) is 1. The first-order valence-electron chi connectivity index (χ1n) is 9.46. The van der Waals surface area contributed by atoms with Gasteiger partial charge in [0.25, 0.3) is 5.22 Å². The molecule has 168 valence electrons. The number of carbonyl (C=O) groups is 2. The van der Waals surface area contributed by atoms with E-state index in [1.54, 1.807) is 42.5 Å². The predicted octanol–water partition coefficient (Wildman–Crippen LogP) is 4.91. The number of nitrogens with zero attached hydrogens (tertiary/aromatic N) is 2. The fraction of sp³-hybridized carbons (Fsp3) is 0.238. The van der Waals surface area contributed by atoms with E-state index in [0.717, 1.165) is 11.8 Å². The lowest BCUT2D eigenvalue weighted by molar-refractivity contribution is -0.113. The maximum atomic E-state index is 12.1. The molecule has 1 amide bonds. The molecule has 1 heterocycles. The molecular weight excluding hydrogens is 477 g/mol. The average molecular weight is 496 g/mol. The molecule has 8 nitrogen and oxygen atoms in total. The van der Waals surface area contributed by atoms with Crippen molar-refractivity contribution in [3.05, 3.63) is 64.0 Å². The van der Waals surface area contributed by atoms with Crippen LogP contribution in [0.1, 0.15) is 22.7 Å². The molecule has 1 aromatic heterocycles. The van der Waals surface area contributed by atoms with Crippen molar-refractivity contribution in [1.82, 2.24) is 10.2 Å². The third-order valence-electron chi connectivity index (χ3n) is 4.05.